The van der Waals surface area contributed by atoms with Crippen LogP contribution in [0.2, 0.25) is 0 Å². The van der Waals surface area contributed by atoms with E-state index in [0.29, 0.717) is 5.56 Å². The lowest BCUT2D eigenvalue weighted by Gasteiger charge is -2.27. The Kier molecular flexibility index (Phi) is 4.73. The molecule has 1 saturated heterocycles. The third-order valence-electron chi connectivity index (χ3n) is 3.95. The van der Waals surface area contributed by atoms with E-state index in [2.05, 4.69) is 0 Å². The standard InChI is InChI=1S/C18H20O5S/c1-24(20,21)13-18(22-12-17(11-19)23-18)16-9-7-15(8-10-16)14-5-3-2-4-6-14/h2-10,17,19H,11-13H2,1H3. The van der Waals surface area contributed by atoms with Crippen LogP contribution in [0.25, 0.3) is 11.1 Å². The smallest absolute Gasteiger partial charge is 0.209 e. The number of sulfone groups is 1. The summed E-state index contributed by atoms with van der Waals surface area (Å²) in [6.45, 7) is -0.0555. The summed E-state index contributed by atoms with van der Waals surface area (Å²) < 4.78 is 35.1. The van der Waals surface area contributed by atoms with Crippen molar-refractivity contribution in [1.82, 2.24) is 0 Å². The molecule has 3 rings (SSSR count). The Morgan fingerprint density at radius 3 is 2.25 bits per heavy atom. The van der Waals surface area contributed by atoms with Crippen LogP contribution in [0.15, 0.2) is 54.6 Å². The van der Waals surface area contributed by atoms with Crippen LogP contribution >= 0.6 is 0 Å². The van der Waals surface area contributed by atoms with Gasteiger partial charge >= 0.3 is 0 Å². The molecule has 1 aliphatic rings. The maximum absolute atomic E-state index is 11.8. The summed E-state index contributed by atoms with van der Waals surface area (Å²) in [5.41, 5.74) is 2.72. The van der Waals surface area contributed by atoms with E-state index in [4.69, 9.17) is 9.47 Å². The number of hydrogen-bond acceptors (Lipinski definition) is 5. The van der Waals surface area contributed by atoms with Crippen LogP contribution < -0.4 is 0 Å². The first-order valence-corrected chi connectivity index (χ1v) is 9.74. The van der Waals surface area contributed by atoms with Gasteiger partial charge in [0.05, 0.1) is 13.2 Å². The average molecular weight is 348 g/mol. The summed E-state index contributed by atoms with van der Waals surface area (Å²) in [5, 5.41) is 9.28. The summed E-state index contributed by atoms with van der Waals surface area (Å²) in [6.07, 6.45) is 0.618. The van der Waals surface area contributed by atoms with Crippen molar-refractivity contribution in [3.8, 4) is 11.1 Å². The zero-order chi connectivity index (χ0) is 17.2. The van der Waals surface area contributed by atoms with Crippen LogP contribution in [0.4, 0.5) is 0 Å². The lowest BCUT2D eigenvalue weighted by Crippen LogP contribution is -2.36. The van der Waals surface area contributed by atoms with E-state index in [0.717, 1.165) is 17.4 Å². The molecule has 1 aliphatic heterocycles. The van der Waals surface area contributed by atoms with Gasteiger partial charge in [-0.3, -0.25) is 0 Å². The minimum atomic E-state index is -3.34. The summed E-state index contributed by atoms with van der Waals surface area (Å²) in [5.74, 6) is -1.66. The molecule has 1 fully saturated rings. The topological polar surface area (TPSA) is 72.8 Å². The first kappa shape index (κ1) is 17.1. The van der Waals surface area contributed by atoms with Crippen molar-refractivity contribution >= 4 is 9.84 Å². The van der Waals surface area contributed by atoms with Gasteiger partial charge in [0.15, 0.2) is 9.84 Å². The molecule has 0 aromatic heterocycles. The molecule has 1 heterocycles. The Bertz CT molecular complexity index is 786. The molecule has 0 spiro atoms. The maximum atomic E-state index is 11.8. The third-order valence-corrected chi connectivity index (χ3v) is 4.85. The highest BCUT2D eigenvalue weighted by Crippen LogP contribution is 2.36. The summed E-state index contributed by atoms with van der Waals surface area (Å²) in [7, 11) is -3.34. The minimum Gasteiger partial charge on any atom is -0.394 e. The van der Waals surface area contributed by atoms with E-state index in [-0.39, 0.29) is 19.0 Å². The average Bonchev–Trinajstić information content (AvgIpc) is 2.98. The molecule has 2 aromatic carbocycles. The van der Waals surface area contributed by atoms with Crippen LogP contribution in [0.3, 0.4) is 0 Å². The van der Waals surface area contributed by atoms with Gasteiger partial charge in [-0.15, -0.1) is 0 Å². The second kappa shape index (κ2) is 6.64. The van der Waals surface area contributed by atoms with Crippen molar-refractivity contribution in [3.63, 3.8) is 0 Å². The van der Waals surface area contributed by atoms with Crippen molar-refractivity contribution in [2.24, 2.45) is 0 Å². The summed E-state index contributed by atoms with van der Waals surface area (Å²) in [6, 6.07) is 17.3. The first-order valence-electron chi connectivity index (χ1n) is 7.68. The predicted molar refractivity (Wildman–Crippen MR) is 91.2 cm³/mol. The number of hydrogen-bond donors (Lipinski definition) is 1. The fourth-order valence-corrected chi connectivity index (χ4v) is 3.87. The van der Waals surface area contributed by atoms with E-state index < -0.39 is 21.7 Å². The van der Waals surface area contributed by atoms with Gasteiger partial charge in [-0.1, -0.05) is 54.6 Å². The third kappa shape index (κ3) is 3.67. The largest absolute Gasteiger partial charge is 0.394 e. The van der Waals surface area contributed by atoms with Crippen LogP contribution in [0, 0.1) is 0 Å². The van der Waals surface area contributed by atoms with Gasteiger partial charge < -0.3 is 14.6 Å². The van der Waals surface area contributed by atoms with Gasteiger partial charge in [-0.25, -0.2) is 8.42 Å². The van der Waals surface area contributed by atoms with Gasteiger partial charge in [0, 0.05) is 11.8 Å². The van der Waals surface area contributed by atoms with E-state index in [1.54, 1.807) is 0 Å². The first-order chi connectivity index (χ1) is 11.4. The monoisotopic (exact) mass is 348 g/mol. The highest BCUT2D eigenvalue weighted by molar-refractivity contribution is 7.90. The zero-order valence-electron chi connectivity index (χ0n) is 13.4. The molecular weight excluding hydrogens is 328 g/mol. The molecule has 24 heavy (non-hydrogen) atoms. The number of ether oxygens (including phenoxy) is 2. The minimum absolute atomic E-state index is 0.159. The fraction of sp³-hybridized carbons (Fsp3) is 0.333. The van der Waals surface area contributed by atoms with Crippen LogP contribution in [-0.4, -0.2) is 44.9 Å². The molecule has 1 N–H and O–H groups in total. The molecule has 6 heteroatoms. The normalized spacial score (nSPS) is 24.2. The highest BCUT2D eigenvalue weighted by Gasteiger charge is 2.45. The number of rotatable bonds is 5. The van der Waals surface area contributed by atoms with Crippen molar-refractivity contribution in [3.05, 3.63) is 60.2 Å². The zero-order valence-corrected chi connectivity index (χ0v) is 14.2. The number of aliphatic hydroxyl groups is 1. The van der Waals surface area contributed by atoms with Crippen molar-refractivity contribution in [2.75, 3.05) is 25.2 Å². The van der Waals surface area contributed by atoms with Gasteiger partial charge in [-0.2, -0.15) is 0 Å². The predicted octanol–water partition coefficient (Wildman–Crippen LogP) is 1.96. The Labute approximate surface area is 141 Å². The molecule has 2 atom stereocenters. The van der Waals surface area contributed by atoms with Crippen molar-refractivity contribution < 1.29 is 23.0 Å². The highest BCUT2D eigenvalue weighted by atomic mass is 32.2. The van der Waals surface area contributed by atoms with Crippen molar-refractivity contribution in [1.29, 1.82) is 0 Å². The number of aliphatic hydroxyl groups excluding tert-OH is 1. The lowest BCUT2D eigenvalue weighted by atomic mass is 10.0. The SMILES string of the molecule is CS(=O)(=O)CC1(c2ccc(-c3ccccc3)cc2)OCC(CO)O1. The van der Waals surface area contributed by atoms with E-state index in [9.17, 15) is 13.5 Å². The molecule has 2 unspecified atom stereocenters. The second-order valence-electron chi connectivity index (χ2n) is 6.00. The summed E-state index contributed by atoms with van der Waals surface area (Å²) in [4.78, 5) is 0. The Morgan fingerprint density at radius 2 is 1.71 bits per heavy atom. The van der Waals surface area contributed by atoms with Crippen LogP contribution in [0.5, 0.6) is 0 Å². The lowest BCUT2D eigenvalue weighted by molar-refractivity contribution is -0.162. The number of benzene rings is 2. The molecule has 128 valence electrons. The molecule has 0 radical (unpaired) electrons. The van der Waals surface area contributed by atoms with Gasteiger partial charge in [0.1, 0.15) is 11.9 Å². The molecular formula is C18H20O5S. The molecule has 2 aromatic rings. The van der Waals surface area contributed by atoms with Gasteiger partial charge in [0.2, 0.25) is 5.79 Å². The molecule has 5 nitrogen and oxygen atoms in total. The molecule has 0 bridgehead atoms. The molecule has 0 saturated carbocycles. The van der Waals surface area contributed by atoms with E-state index >= 15 is 0 Å². The fourth-order valence-electron chi connectivity index (χ4n) is 2.86. The molecule has 0 amide bonds. The van der Waals surface area contributed by atoms with Gasteiger partial charge in [0.25, 0.3) is 0 Å². The second-order valence-corrected chi connectivity index (χ2v) is 8.14. The Balaban J connectivity index is 1.94. The Morgan fingerprint density at radius 1 is 1.08 bits per heavy atom. The summed E-state index contributed by atoms with van der Waals surface area (Å²) >= 11 is 0. The van der Waals surface area contributed by atoms with E-state index in [1.807, 2.05) is 54.6 Å². The van der Waals surface area contributed by atoms with Gasteiger partial charge in [-0.05, 0) is 11.1 Å². The molecule has 0 aliphatic carbocycles. The Hall–Kier alpha value is -1.73. The van der Waals surface area contributed by atoms with Crippen LogP contribution in [-0.2, 0) is 25.1 Å². The quantitative estimate of drug-likeness (QED) is 0.894. The van der Waals surface area contributed by atoms with Crippen LogP contribution in [0.1, 0.15) is 5.56 Å². The van der Waals surface area contributed by atoms with Crippen molar-refractivity contribution in [2.45, 2.75) is 11.9 Å². The maximum Gasteiger partial charge on any atom is 0.209 e. The van der Waals surface area contributed by atoms with E-state index in [1.165, 1.54) is 0 Å².